The van der Waals surface area contributed by atoms with E-state index in [1.165, 1.54) is 5.56 Å². The summed E-state index contributed by atoms with van der Waals surface area (Å²) in [6.45, 7) is 2.22. The second-order valence-corrected chi connectivity index (χ2v) is 10.3. The molecule has 3 N–H and O–H groups in total. The van der Waals surface area contributed by atoms with E-state index in [0.717, 1.165) is 22.4 Å². The van der Waals surface area contributed by atoms with E-state index in [1.807, 2.05) is 48.5 Å². The molecule has 0 saturated heterocycles. The highest BCUT2D eigenvalue weighted by Crippen LogP contribution is 2.49. The Morgan fingerprint density at radius 1 is 0.854 bits per heavy atom. The number of carboxylic acid groups (broad SMARTS) is 1. The van der Waals surface area contributed by atoms with Gasteiger partial charge >= 0.3 is 5.97 Å². The summed E-state index contributed by atoms with van der Waals surface area (Å²) in [6.07, 6.45) is 0.149. The highest BCUT2D eigenvalue weighted by Gasteiger charge is 2.36. The highest BCUT2D eigenvalue weighted by molar-refractivity contribution is 5.96. The van der Waals surface area contributed by atoms with Crippen LogP contribution in [0, 0.1) is 5.92 Å². The molecule has 0 aromatic heterocycles. The van der Waals surface area contributed by atoms with Crippen molar-refractivity contribution in [1.82, 2.24) is 5.32 Å². The highest BCUT2D eigenvalue weighted by atomic mass is 16.5. The fraction of sp³-hybridized carbons (Fsp3) is 0.235. The van der Waals surface area contributed by atoms with Crippen LogP contribution >= 0.6 is 0 Å². The van der Waals surface area contributed by atoms with Crippen LogP contribution in [0.1, 0.15) is 51.5 Å². The molecule has 0 spiro atoms. The molecule has 210 valence electrons. The van der Waals surface area contributed by atoms with E-state index < -0.39 is 17.9 Å². The van der Waals surface area contributed by atoms with Crippen LogP contribution in [-0.2, 0) is 11.2 Å². The molecule has 1 heterocycles. The Hall–Kier alpha value is -4.78. The number of carboxylic acids is 1. The van der Waals surface area contributed by atoms with Crippen LogP contribution in [-0.4, -0.2) is 37.2 Å². The number of carbonyl (C=O) groups excluding carboxylic acids is 1. The molecular weight excluding hydrogens is 516 g/mol. The van der Waals surface area contributed by atoms with Gasteiger partial charge in [0.25, 0.3) is 5.91 Å². The molecule has 1 aliphatic heterocycles. The average Bonchev–Trinajstić information content (AvgIpc) is 3.01. The normalized spacial score (nSPS) is 18.4. The van der Waals surface area contributed by atoms with E-state index in [0.29, 0.717) is 17.1 Å². The third-order valence-corrected chi connectivity index (χ3v) is 7.82. The van der Waals surface area contributed by atoms with Crippen molar-refractivity contribution in [2.45, 2.75) is 31.3 Å². The monoisotopic (exact) mass is 550 g/mol. The molecule has 0 bridgehead atoms. The van der Waals surface area contributed by atoms with Gasteiger partial charge in [-0.25, -0.2) is 4.79 Å². The van der Waals surface area contributed by atoms with Crippen molar-refractivity contribution in [2.75, 3.05) is 19.5 Å². The molecule has 4 unspecified atom stereocenters. The van der Waals surface area contributed by atoms with Crippen molar-refractivity contribution in [3.05, 3.63) is 125 Å². The predicted octanol–water partition coefficient (Wildman–Crippen LogP) is 6.06. The van der Waals surface area contributed by atoms with Crippen molar-refractivity contribution < 1.29 is 24.2 Å². The number of rotatable bonds is 9. The maximum absolute atomic E-state index is 12.7. The number of methoxy groups -OCH3 is 2. The van der Waals surface area contributed by atoms with Crippen LogP contribution in [0.25, 0.3) is 0 Å². The second kappa shape index (κ2) is 12.2. The summed E-state index contributed by atoms with van der Waals surface area (Å²) in [5.41, 5.74) is 5.55. The van der Waals surface area contributed by atoms with Gasteiger partial charge < -0.3 is 25.2 Å². The molecule has 1 amide bonds. The first-order valence-corrected chi connectivity index (χ1v) is 13.6. The smallest absolute Gasteiger partial charge is 0.326 e. The lowest BCUT2D eigenvalue weighted by molar-refractivity contribution is -0.139. The van der Waals surface area contributed by atoms with Crippen LogP contribution in [0.4, 0.5) is 5.69 Å². The predicted molar refractivity (Wildman–Crippen MR) is 159 cm³/mol. The number of aliphatic carboxylic acids is 1. The molecule has 0 radical (unpaired) electrons. The standard InChI is InChI=1S/C34H34N2O5/c1-21-31(25-15-17-29(40-2)30(20-25)41-3)26-18-22(14-16-27(26)35-32(21)23-10-6-4-7-11-23)19-28(34(38)39)36-33(37)24-12-8-5-9-13-24/h4-18,20-21,28,31-32,35H,19H2,1-3H3,(H,36,37)(H,38,39). The number of nitrogens with one attached hydrogen (secondary N) is 2. The number of carbonyl (C=O) groups is 2. The fourth-order valence-electron chi connectivity index (χ4n) is 5.75. The first-order valence-electron chi connectivity index (χ1n) is 13.6. The van der Waals surface area contributed by atoms with Crippen LogP contribution in [0.15, 0.2) is 97.1 Å². The minimum atomic E-state index is -1.08. The summed E-state index contributed by atoms with van der Waals surface area (Å²) < 4.78 is 11.1. The molecule has 0 fully saturated rings. The number of hydrogen-bond acceptors (Lipinski definition) is 5. The van der Waals surface area contributed by atoms with E-state index in [1.54, 1.807) is 38.5 Å². The van der Waals surface area contributed by atoms with E-state index in [2.05, 4.69) is 41.8 Å². The molecule has 7 nitrogen and oxygen atoms in total. The molecule has 4 atom stereocenters. The molecule has 7 heteroatoms. The first kappa shape index (κ1) is 27.8. The van der Waals surface area contributed by atoms with Gasteiger partial charge in [0.2, 0.25) is 0 Å². The van der Waals surface area contributed by atoms with Crippen LogP contribution in [0.2, 0.25) is 0 Å². The summed E-state index contributed by atoms with van der Waals surface area (Å²) in [5, 5.41) is 16.4. The van der Waals surface area contributed by atoms with Gasteiger partial charge in [0.1, 0.15) is 6.04 Å². The molecule has 5 rings (SSSR count). The largest absolute Gasteiger partial charge is 0.493 e. The van der Waals surface area contributed by atoms with Gasteiger partial charge in [-0.1, -0.05) is 73.7 Å². The summed E-state index contributed by atoms with van der Waals surface area (Å²) in [6, 6.07) is 30.0. The lowest BCUT2D eigenvalue weighted by atomic mass is 9.72. The molecular formula is C34H34N2O5. The average molecular weight is 551 g/mol. The number of ether oxygens (including phenoxy) is 2. The number of benzene rings is 4. The zero-order valence-electron chi connectivity index (χ0n) is 23.3. The third kappa shape index (κ3) is 5.89. The zero-order chi connectivity index (χ0) is 28.9. The van der Waals surface area contributed by atoms with Gasteiger partial charge in [0.05, 0.1) is 20.3 Å². The fourth-order valence-corrected chi connectivity index (χ4v) is 5.75. The molecule has 4 aromatic carbocycles. The zero-order valence-corrected chi connectivity index (χ0v) is 23.3. The minimum Gasteiger partial charge on any atom is -0.493 e. The van der Waals surface area contributed by atoms with Gasteiger partial charge in [-0.05, 0) is 58.5 Å². The summed E-state index contributed by atoms with van der Waals surface area (Å²) >= 11 is 0. The van der Waals surface area contributed by atoms with Crippen LogP contribution < -0.4 is 20.1 Å². The van der Waals surface area contributed by atoms with Gasteiger partial charge in [-0.15, -0.1) is 0 Å². The van der Waals surface area contributed by atoms with Gasteiger partial charge in [0, 0.05) is 23.6 Å². The molecule has 1 aliphatic rings. The summed E-state index contributed by atoms with van der Waals surface area (Å²) in [4.78, 5) is 24.9. The third-order valence-electron chi connectivity index (χ3n) is 7.82. The topological polar surface area (TPSA) is 96.9 Å². The quantitative estimate of drug-likeness (QED) is 0.234. The molecule has 0 aliphatic carbocycles. The van der Waals surface area contributed by atoms with Crippen molar-refractivity contribution in [1.29, 1.82) is 0 Å². The van der Waals surface area contributed by atoms with E-state index in [9.17, 15) is 14.7 Å². The van der Waals surface area contributed by atoms with Crippen LogP contribution in [0.3, 0.4) is 0 Å². The van der Waals surface area contributed by atoms with Gasteiger partial charge in [-0.3, -0.25) is 4.79 Å². The SMILES string of the molecule is COc1ccc(C2c3cc(CC(NC(=O)c4ccccc4)C(=O)O)ccc3NC(c3ccccc3)C2C)cc1OC. The second-order valence-electron chi connectivity index (χ2n) is 10.3. The Balaban J connectivity index is 1.52. The number of amides is 1. The summed E-state index contributed by atoms with van der Waals surface area (Å²) in [5.74, 6) is -0.0620. The van der Waals surface area contributed by atoms with Crippen molar-refractivity contribution in [3.8, 4) is 11.5 Å². The lowest BCUT2D eigenvalue weighted by Gasteiger charge is -2.40. The van der Waals surface area contributed by atoms with E-state index in [-0.39, 0.29) is 24.3 Å². The number of hydrogen-bond donors (Lipinski definition) is 3. The number of anilines is 1. The molecule has 41 heavy (non-hydrogen) atoms. The Morgan fingerprint density at radius 3 is 2.20 bits per heavy atom. The Bertz CT molecular complexity index is 1520. The van der Waals surface area contributed by atoms with Crippen molar-refractivity contribution >= 4 is 17.6 Å². The maximum atomic E-state index is 12.7. The first-order chi connectivity index (χ1) is 19.9. The van der Waals surface area contributed by atoms with Crippen molar-refractivity contribution in [3.63, 3.8) is 0 Å². The minimum absolute atomic E-state index is 0.0154. The van der Waals surface area contributed by atoms with Gasteiger partial charge in [0.15, 0.2) is 11.5 Å². The Morgan fingerprint density at radius 2 is 1.54 bits per heavy atom. The Kier molecular flexibility index (Phi) is 8.24. The van der Waals surface area contributed by atoms with E-state index >= 15 is 0 Å². The van der Waals surface area contributed by atoms with Crippen LogP contribution in [0.5, 0.6) is 11.5 Å². The number of fused-ring (bicyclic) bond motifs is 1. The lowest BCUT2D eigenvalue weighted by Crippen LogP contribution is -2.42. The summed E-state index contributed by atoms with van der Waals surface area (Å²) in [7, 11) is 3.25. The van der Waals surface area contributed by atoms with E-state index in [4.69, 9.17) is 9.47 Å². The maximum Gasteiger partial charge on any atom is 0.326 e. The Labute approximate surface area is 240 Å². The molecule has 4 aromatic rings. The molecule has 0 saturated carbocycles. The van der Waals surface area contributed by atoms with Crippen molar-refractivity contribution in [2.24, 2.45) is 5.92 Å². The van der Waals surface area contributed by atoms with Gasteiger partial charge in [-0.2, -0.15) is 0 Å².